The minimum atomic E-state index is -4.50. The summed E-state index contributed by atoms with van der Waals surface area (Å²) in [5.74, 6) is -0.474. The van der Waals surface area contributed by atoms with Gasteiger partial charge in [-0.25, -0.2) is 0 Å². The van der Waals surface area contributed by atoms with Crippen LogP contribution in [0.1, 0.15) is 15.9 Å². The van der Waals surface area contributed by atoms with E-state index < -0.39 is 17.5 Å². The number of rotatable bonds is 2. The highest BCUT2D eigenvalue weighted by molar-refractivity contribution is 5.80. The summed E-state index contributed by atoms with van der Waals surface area (Å²) in [6, 6.07) is 9.01. The standard InChI is InChI=1S/C14H9F3O2/c15-14(16,17)11-4-5-12(13(19)7-11)10-3-1-2-9(6-10)8-18/h1-8,19H. The Hall–Kier alpha value is -2.30. The SMILES string of the molecule is O=Cc1cccc(-c2ccc(C(F)(F)F)cc2O)c1. The highest BCUT2D eigenvalue weighted by atomic mass is 19.4. The van der Waals surface area contributed by atoms with Crippen LogP contribution in [0.2, 0.25) is 0 Å². The van der Waals surface area contributed by atoms with Crippen LogP contribution in [0, 0.1) is 0 Å². The molecular weight excluding hydrogens is 257 g/mol. The second kappa shape index (κ2) is 4.76. The van der Waals surface area contributed by atoms with Crippen molar-refractivity contribution in [3.05, 3.63) is 53.6 Å². The number of alkyl halides is 3. The number of halogens is 3. The third-order valence-corrected chi connectivity index (χ3v) is 2.66. The second-order valence-corrected chi connectivity index (χ2v) is 3.97. The van der Waals surface area contributed by atoms with Crippen LogP contribution < -0.4 is 0 Å². The zero-order chi connectivity index (χ0) is 14.0. The van der Waals surface area contributed by atoms with Crippen LogP contribution in [0.4, 0.5) is 13.2 Å². The monoisotopic (exact) mass is 266 g/mol. The first kappa shape index (κ1) is 13.1. The van der Waals surface area contributed by atoms with Gasteiger partial charge in [-0.15, -0.1) is 0 Å². The van der Waals surface area contributed by atoms with E-state index in [1.165, 1.54) is 12.1 Å². The normalized spacial score (nSPS) is 11.3. The maximum Gasteiger partial charge on any atom is 0.416 e. The molecule has 0 atom stereocenters. The quantitative estimate of drug-likeness (QED) is 0.837. The van der Waals surface area contributed by atoms with Crippen molar-refractivity contribution in [3.63, 3.8) is 0 Å². The van der Waals surface area contributed by atoms with Gasteiger partial charge in [0.05, 0.1) is 5.56 Å². The zero-order valence-corrected chi connectivity index (χ0v) is 9.61. The first-order valence-corrected chi connectivity index (χ1v) is 5.37. The lowest BCUT2D eigenvalue weighted by Gasteiger charge is -2.10. The predicted octanol–water partition coefficient (Wildman–Crippen LogP) is 3.89. The average molecular weight is 266 g/mol. The second-order valence-electron chi connectivity index (χ2n) is 3.97. The van der Waals surface area contributed by atoms with Gasteiger partial charge in [-0.1, -0.05) is 24.3 Å². The lowest BCUT2D eigenvalue weighted by molar-refractivity contribution is -0.137. The number of benzene rings is 2. The molecule has 2 aromatic rings. The maximum absolute atomic E-state index is 12.5. The van der Waals surface area contributed by atoms with Crippen molar-refractivity contribution in [3.8, 4) is 16.9 Å². The summed E-state index contributed by atoms with van der Waals surface area (Å²) in [7, 11) is 0. The molecule has 0 aliphatic carbocycles. The molecule has 98 valence electrons. The summed E-state index contributed by atoms with van der Waals surface area (Å²) in [5.41, 5.74) is 0.199. The van der Waals surface area contributed by atoms with Crippen molar-refractivity contribution >= 4 is 6.29 Å². The number of aromatic hydroxyl groups is 1. The van der Waals surface area contributed by atoms with E-state index in [1.807, 2.05) is 0 Å². The topological polar surface area (TPSA) is 37.3 Å². The number of phenolic OH excluding ortho intramolecular Hbond substituents is 1. The fraction of sp³-hybridized carbons (Fsp3) is 0.0714. The Morgan fingerprint density at radius 3 is 2.37 bits per heavy atom. The summed E-state index contributed by atoms with van der Waals surface area (Å²) in [6.07, 6.45) is -3.87. The molecule has 0 radical (unpaired) electrons. The van der Waals surface area contributed by atoms with E-state index in [2.05, 4.69) is 0 Å². The van der Waals surface area contributed by atoms with Gasteiger partial charge in [0.1, 0.15) is 12.0 Å². The van der Waals surface area contributed by atoms with Gasteiger partial charge in [-0.3, -0.25) is 4.79 Å². The maximum atomic E-state index is 12.5. The van der Waals surface area contributed by atoms with Crippen molar-refractivity contribution in [2.75, 3.05) is 0 Å². The van der Waals surface area contributed by atoms with Gasteiger partial charge in [-0.05, 0) is 23.8 Å². The first-order chi connectivity index (χ1) is 8.91. The molecule has 0 saturated carbocycles. The molecule has 5 heteroatoms. The van der Waals surface area contributed by atoms with Gasteiger partial charge < -0.3 is 5.11 Å². The molecule has 0 amide bonds. The van der Waals surface area contributed by atoms with Crippen LogP contribution in [-0.4, -0.2) is 11.4 Å². The highest BCUT2D eigenvalue weighted by Crippen LogP contribution is 2.36. The molecule has 0 spiro atoms. The molecule has 0 aliphatic heterocycles. The van der Waals surface area contributed by atoms with Crippen molar-refractivity contribution in [1.29, 1.82) is 0 Å². The summed E-state index contributed by atoms with van der Waals surface area (Å²) >= 11 is 0. The molecule has 2 nitrogen and oxygen atoms in total. The molecule has 0 bridgehead atoms. The number of carbonyl (C=O) groups is 1. The van der Waals surface area contributed by atoms with E-state index in [1.54, 1.807) is 18.2 Å². The van der Waals surface area contributed by atoms with E-state index >= 15 is 0 Å². The number of hydrogen-bond donors (Lipinski definition) is 1. The number of aldehydes is 1. The Labute approximate surface area is 107 Å². The highest BCUT2D eigenvalue weighted by Gasteiger charge is 2.31. The minimum absolute atomic E-state index is 0.247. The molecule has 1 N–H and O–H groups in total. The van der Waals surface area contributed by atoms with Crippen LogP contribution in [0.5, 0.6) is 5.75 Å². The van der Waals surface area contributed by atoms with E-state index in [9.17, 15) is 23.1 Å². The van der Waals surface area contributed by atoms with Crippen LogP contribution >= 0.6 is 0 Å². The zero-order valence-electron chi connectivity index (χ0n) is 9.61. The van der Waals surface area contributed by atoms with Gasteiger partial charge in [0.15, 0.2) is 0 Å². The molecule has 0 fully saturated rings. The first-order valence-electron chi connectivity index (χ1n) is 5.37. The van der Waals surface area contributed by atoms with E-state index in [-0.39, 0.29) is 5.56 Å². The Morgan fingerprint density at radius 2 is 1.79 bits per heavy atom. The van der Waals surface area contributed by atoms with Gasteiger partial charge in [-0.2, -0.15) is 13.2 Å². The van der Waals surface area contributed by atoms with E-state index in [0.717, 1.165) is 6.07 Å². The molecule has 0 aliphatic rings. The molecular formula is C14H9F3O2. The van der Waals surface area contributed by atoms with E-state index in [0.29, 0.717) is 23.5 Å². The molecule has 19 heavy (non-hydrogen) atoms. The van der Waals surface area contributed by atoms with Crippen molar-refractivity contribution < 1.29 is 23.1 Å². The van der Waals surface area contributed by atoms with Crippen LogP contribution in [-0.2, 0) is 6.18 Å². The molecule has 2 rings (SSSR count). The van der Waals surface area contributed by atoms with Crippen molar-refractivity contribution in [1.82, 2.24) is 0 Å². The third kappa shape index (κ3) is 2.76. The Balaban J connectivity index is 2.49. The van der Waals surface area contributed by atoms with Gasteiger partial charge in [0.2, 0.25) is 0 Å². The molecule has 2 aromatic carbocycles. The van der Waals surface area contributed by atoms with Crippen molar-refractivity contribution in [2.24, 2.45) is 0 Å². The molecule has 0 heterocycles. The van der Waals surface area contributed by atoms with E-state index in [4.69, 9.17) is 0 Å². The Morgan fingerprint density at radius 1 is 1.05 bits per heavy atom. The predicted molar refractivity (Wildman–Crippen MR) is 63.9 cm³/mol. The number of phenols is 1. The fourth-order valence-corrected chi connectivity index (χ4v) is 1.73. The van der Waals surface area contributed by atoms with Crippen LogP contribution in [0.25, 0.3) is 11.1 Å². The smallest absolute Gasteiger partial charge is 0.416 e. The van der Waals surface area contributed by atoms with Crippen LogP contribution in [0.15, 0.2) is 42.5 Å². The average Bonchev–Trinajstić information content (AvgIpc) is 2.37. The summed E-state index contributed by atoms with van der Waals surface area (Å²) < 4.78 is 37.4. The molecule has 0 unspecified atom stereocenters. The Kier molecular flexibility index (Phi) is 3.29. The van der Waals surface area contributed by atoms with Gasteiger partial charge in [0.25, 0.3) is 0 Å². The molecule has 0 aromatic heterocycles. The molecule has 0 saturated heterocycles. The third-order valence-electron chi connectivity index (χ3n) is 2.66. The van der Waals surface area contributed by atoms with Crippen molar-refractivity contribution in [2.45, 2.75) is 6.18 Å². The number of hydrogen-bond acceptors (Lipinski definition) is 2. The van der Waals surface area contributed by atoms with Gasteiger partial charge >= 0.3 is 6.18 Å². The number of carbonyl (C=O) groups excluding carboxylic acids is 1. The minimum Gasteiger partial charge on any atom is -0.507 e. The summed E-state index contributed by atoms with van der Waals surface area (Å²) in [4.78, 5) is 10.6. The lowest BCUT2D eigenvalue weighted by atomic mass is 10.0. The fourth-order valence-electron chi connectivity index (χ4n) is 1.73. The summed E-state index contributed by atoms with van der Waals surface area (Å²) in [6.45, 7) is 0. The van der Waals surface area contributed by atoms with Gasteiger partial charge in [0, 0.05) is 11.1 Å². The van der Waals surface area contributed by atoms with Crippen LogP contribution in [0.3, 0.4) is 0 Å². The Bertz CT molecular complexity index is 618. The largest absolute Gasteiger partial charge is 0.507 e. The lowest BCUT2D eigenvalue weighted by Crippen LogP contribution is -2.04. The summed E-state index contributed by atoms with van der Waals surface area (Å²) in [5, 5.41) is 9.68.